The Labute approximate surface area is 266 Å². The molecule has 3 saturated carbocycles. The number of aromatic nitrogens is 4. The molecule has 6 rings (SSSR count). The van der Waals surface area contributed by atoms with Crippen molar-refractivity contribution in [3.8, 4) is 5.95 Å². The largest absolute Gasteiger partial charge is 0.469 e. The van der Waals surface area contributed by atoms with Crippen LogP contribution in [0.1, 0.15) is 78.0 Å². The first-order valence-corrected chi connectivity index (χ1v) is 16.2. The number of esters is 1. The van der Waals surface area contributed by atoms with Crippen molar-refractivity contribution >= 4 is 45.4 Å². The zero-order valence-electron chi connectivity index (χ0n) is 26.0. The number of Topliss-reactive ketones (excluding diaryl/α,β-unsaturated/α-hetero) is 1. The van der Waals surface area contributed by atoms with E-state index in [0.29, 0.717) is 25.2 Å². The van der Waals surface area contributed by atoms with Gasteiger partial charge in [-0.2, -0.15) is 5.10 Å². The fraction of sp³-hybridized carbons (Fsp3) is 0.656. The van der Waals surface area contributed by atoms with Gasteiger partial charge in [-0.05, 0) is 84.4 Å². The van der Waals surface area contributed by atoms with Gasteiger partial charge < -0.3 is 14.6 Å². The Balaban J connectivity index is 0.000000559. The number of hydrogen-bond donors (Lipinski definition) is 1. The lowest BCUT2D eigenvalue weighted by Crippen LogP contribution is -2.69. The Morgan fingerprint density at radius 2 is 1.88 bits per heavy atom. The van der Waals surface area contributed by atoms with Gasteiger partial charge in [-0.15, -0.1) is 11.6 Å². The van der Waals surface area contributed by atoms with Crippen molar-refractivity contribution < 1.29 is 24.2 Å². The molecule has 43 heavy (non-hydrogen) atoms. The second-order valence-corrected chi connectivity index (χ2v) is 14.6. The van der Waals surface area contributed by atoms with E-state index in [1.165, 1.54) is 12.7 Å². The molecule has 2 heterocycles. The zero-order valence-corrected chi connectivity index (χ0v) is 28.3. The van der Waals surface area contributed by atoms with Crippen molar-refractivity contribution in [2.75, 3.05) is 14.2 Å². The molecule has 0 saturated heterocycles. The van der Waals surface area contributed by atoms with E-state index in [-0.39, 0.29) is 29.5 Å². The Hall–Kier alpha value is -2.14. The van der Waals surface area contributed by atoms with Gasteiger partial charge in [0.1, 0.15) is 5.60 Å². The lowest BCUT2D eigenvalue weighted by molar-refractivity contribution is -0.186. The topological polar surface area (TPSA) is 116 Å². The fourth-order valence-corrected chi connectivity index (χ4v) is 10.1. The third-order valence-corrected chi connectivity index (χ3v) is 12.6. The van der Waals surface area contributed by atoms with Gasteiger partial charge in [0.2, 0.25) is 0 Å². The number of allylic oxidation sites excluding steroid dienone is 1. The minimum atomic E-state index is -0.903. The number of ketones is 1. The van der Waals surface area contributed by atoms with Crippen LogP contribution in [0.25, 0.3) is 12.0 Å². The number of halogens is 2. The molecule has 1 N–H and O–H groups in total. The lowest BCUT2D eigenvalue weighted by atomic mass is 9.44. The van der Waals surface area contributed by atoms with Crippen LogP contribution < -0.4 is 0 Å². The van der Waals surface area contributed by atoms with Crippen molar-refractivity contribution in [3.63, 3.8) is 0 Å². The summed E-state index contributed by atoms with van der Waals surface area (Å²) in [5, 5.41) is 16.7. The number of methoxy groups -OCH3 is 2. The highest BCUT2D eigenvalue weighted by molar-refractivity contribution is 9.10. The molecular formula is C32H42BrClN4O5. The van der Waals surface area contributed by atoms with Crippen molar-refractivity contribution in [2.24, 2.45) is 28.6 Å². The predicted molar refractivity (Wildman–Crippen MR) is 167 cm³/mol. The van der Waals surface area contributed by atoms with Crippen LogP contribution in [0.2, 0.25) is 0 Å². The van der Waals surface area contributed by atoms with Gasteiger partial charge in [0.05, 0.1) is 28.3 Å². The van der Waals surface area contributed by atoms with E-state index < -0.39 is 27.4 Å². The molecule has 9 nitrogen and oxygen atoms in total. The molecule has 0 aromatic carbocycles. The van der Waals surface area contributed by atoms with Crippen LogP contribution in [0.5, 0.6) is 0 Å². The third kappa shape index (κ3) is 4.57. The molecule has 4 aliphatic carbocycles. The fourth-order valence-electron chi connectivity index (χ4n) is 9.37. The summed E-state index contributed by atoms with van der Waals surface area (Å²) in [5.74, 6) is 0.713. The first-order valence-electron chi connectivity index (χ1n) is 15.0. The monoisotopic (exact) mass is 676 g/mol. The molecule has 234 valence electrons. The average Bonchev–Trinajstić information content (AvgIpc) is 3.47. The summed E-state index contributed by atoms with van der Waals surface area (Å²) < 4.78 is 12.9. The maximum atomic E-state index is 13.1. The highest BCUT2D eigenvalue weighted by Crippen LogP contribution is 2.72. The average molecular weight is 678 g/mol. The van der Waals surface area contributed by atoms with Crippen LogP contribution in [-0.2, 0) is 25.5 Å². The molecule has 4 aliphatic rings. The van der Waals surface area contributed by atoms with Gasteiger partial charge in [-0.3, -0.25) is 9.59 Å². The number of ether oxygens (including phenoxy) is 2. The third-order valence-electron chi connectivity index (χ3n) is 11.2. The van der Waals surface area contributed by atoms with E-state index in [1.807, 2.05) is 6.20 Å². The van der Waals surface area contributed by atoms with Gasteiger partial charge in [0.15, 0.2) is 5.78 Å². The smallest absolute Gasteiger partial charge is 0.305 e. The summed E-state index contributed by atoms with van der Waals surface area (Å²) in [7, 11) is 3.03. The Bertz CT molecular complexity index is 1440. The lowest BCUT2D eigenvalue weighted by Gasteiger charge is -2.65. The minimum Gasteiger partial charge on any atom is -0.469 e. The molecule has 11 heteroatoms. The Morgan fingerprint density at radius 1 is 1.21 bits per heavy atom. The number of fused-ring (bicyclic) bond motifs is 6. The Morgan fingerprint density at radius 3 is 2.44 bits per heavy atom. The molecule has 8 atom stereocenters. The van der Waals surface area contributed by atoms with Gasteiger partial charge in [-0.1, -0.05) is 33.3 Å². The number of alkyl halides is 1. The summed E-state index contributed by atoms with van der Waals surface area (Å²) in [4.78, 5) is 31.0. The van der Waals surface area contributed by atoms with Crippen LogP contribution >= 0.6 is 27.5 Å². The molecule has 0 radical (unpaired) electrons. The molecule has 2 aromatic heterocycles. The number of hydrogen-bond acceptors (Lipinski definition) is 8. The van der Waals surface area contributed by atoms with Crippen LogP contribution in [-0.4, -0.2) is 67.4 Å². The van der Waals surface area contributed by atoms with Crippen molar-refractivity contribution in [3.05, 3.63) is 39.9 Å². The SMILES string of the molecule is CCC(=O)OC.CO[C@]1(C(C)=O)C(C)CC2C3CCC4=Cc5nn(-c6ncc(Br)cn6)cc5CC4(C)[C@@]3(Cl)C(O)CC21C. The summed E-state index contributed by atoms with van der Waals surface area (Å²) in [5.41, 5.74) is 1.41. The molecule has 6 unspecified atom stereocenters. The second kappa shape index (κ2) is 11.3. The number of rotatable bonds is 4. The number of aliphatic hydroxyl groups excluding tert-OH is 1. The number of nitrogens with zero attached hydrogens (tertiary/aromatic N) is 4. The van der Waals surface area contributed by atoms with Gasteiger partial charge in [0, 0.05) is 43.0 Å². The van der Waals surface area contributed by atoms with E-state index in [4.69, 9.17) is 21.4 Å². The van der Waals surface area contributed by atoms with Gasteiger partial charge in [-0.25, -0.2) is 14.6 Å². The Kier molecular flexibility index (Phi) is 8.51. The van der Waals surface area contributed by atoms with Crippen LogP contribution in [0.3, 0.4) is 0 Å². The number of carbonyl (C=O) groups is 2. The zero-order chi connectivity index (χ0) is 31.5. The van der Waals surface area contributed by atoms with E-state index >= 15 is 0 Å². The van der Waals surface area contributed by atoms with Gasteiger partial charge in [0.25, 0.3) is 5.95 Å². The summed E-state index contributed by atoms with van der Waals surface area (Å²) >= 11 is 11.2. The van der Waals surface area contributed by atoms with E-state index in [9.17, 15) is 14.7 Å². The second-order valence-electron chi connectivity index (χ2n) is 13.1. The summed E-state index contributed by atoms with van der Waals surface area (Å²) in [6, 6.07) is 0. The first-order chi connectivity index (χ1) is 20.2. The molecule has 0 spiro atoms. The van der Waals surface area contributed by atoms with E-state index in [2.05, 4.69) is 57.5 Å². The van der Waals surface area contributed by atoms with E-state index in [1.54, 1.807) is 38.0 Å². The highest BCUT2D eigenvalue weighted by Gasteiger charge is 2.75. The molecular weight excluding hydrogens is 636 g/mol. The maximum Gasteiger partial charge on any atom is 0.305 e. The van der Waals surface area contributed by atoms with Crippen molar-refractivity contribution in [2.45, 2.75) is 89.7 Å². The number of carbonyl (C=O) groups excluding carboxylic acids is 2. The standard InChI is InChI=1S/C28H34BrClN4O3.C4H8O2/c1-15-8-21-20-7-6-18-9-22-17(14-34(33-22)24-31-12-19(29)13-32-24)10-25(18,3)27(20,30)23(36)11-26(21,4)28(15,37-5)16(2)35;1-3-4(5)6-2/h9,12-15,20-21,23,36H,6-8,10-11H2,1-5H3;3H2,1-2H3/t15?,20?,21?,23?,25?,26?,27-,28-;/m0./s1. The maximum absolute atomic E-state index is 13.1. The highest BCUT2D eigenvalue weighted by atomic mass is 79.9. The van der Waals surface area contributed by atoms with Crippen molar-refractivity contribution in [1.29, 1.82) is 0 Å². The molecule has 0 bridgehead atoms. The van der Waals surface area contributed by atoms with Crippen LogP contribution in [0, 0.1) is 28.6 Å². The summed E-state index contributed by atoms with van der Waals surface area (Å²) in [6.07, 6.45) is 11.0. The number of aliphatic hydroxyl groups is 1. The molecule has 2 aromatic rings. The van der Waals surface area contributed by atoms with Gasteiger partial charge >= 0.3 is 5.97 Å². The first kappa shape index (κ1) is 32.3. The quantitative estimate of drug-likeness (QED) is 0.322. The molecule has 3 fully saturated rings. The summed E-state index contributed by atoms with van der Waals surface area (Å²) in [6.45, 7) is 9.89. The molecule has 0 aliphatic heterocycles. The van der Waals surface area contributed by atoms with Crippen molar-refractivity contribution in [1.82, 2.24) is 19.7 Å². The van der Waals surface area contributed by atoms with E-state index in [0.717, 1.165) is 35.0 Å². The van der Waals surface area contributed by atoms with Crippen LogP contribution in [0.15, 0.2) is 28.6 Å². The minimum absolute atomic E-state index is 0.0502. The normalized spacial score (nSPS) is 37.5. The molecule has 0 amide bonds. The van der Waals surface area contributed by atoms with Crippen LogP contribution in [0.4, 0.5) is 0 Å². The predicted octanol–water partition coefficient (Wildman–Crippen LogP) is 5.73.